The van der Waals surface area contributed by atoms with Gasteiger partial charge >= 0.3 is 12.2 Å². The number of carbonyl (C=O) groups is 1. The Labute approximate surface area is 161 Å². The van der Waals surface area contributed by atoms with Crippen LogP contribution in [0.5, 0.6) is 0 Å². The summed E-state index contributed by atoms with van der Waals surface area (Å²) in [5.41, 5.74) is 0.490. The van der Waals surface area contributed by atoms with Crippen LogP contribution in [0, 0.1) is 0 Å². The first kappa shape index (κ1) is 21.7. The number of benzene rings is 2. The highest BCUT2D eigenvalue weighted by Crippen LogP contribution is 2.29. The standard InChI is InChI=1S/C18H20F3N3O3S/c1-12(14-3-2-4-16(11-14)28(22,26)27)24-17(25)23-10-9-13-5-7-15(8-6-13)18(19,20)21/h2-8,11-12H,9-10H2,1H3,(H2,22,26,27)(H2,23,24,25). The summed E-state index contributed by atoms with van der Waals surface area (Å²) in [6.45, 7) is 1.90. The lowest BCUT2D eigenvalue weighted by molar-refractivity contribution is -0.137. The fourth-order valence-electron chi connectivity index (χ4n) is 2.47. The molecule has 10 heteroatoms. The van der Waals surface area contributed by atoms with Gasteiger partial charge in [-0.25, -0.2) is 18.4 Å². The fraction of sp³-hybridized carbons (Fsp3) is 0.278. The van der Waals surface area contributed by atoms with Crippen molar-refractivity contribution in [3.8, 4) is 0 Å². The molecule has 0 aromatic heterocycles. The van der Waals surface area contributed by atoms with E-state index in [2.05, 4.69) is 10.6 Å². The van der Waals surface area contributed by atoms with E-state index >= 15 is 0 Å². The second-order valence-corrected chi connectivity index (χ2v) is 7.75. The molecular weight excluding hydrogens is 395 g/mol. The van der Waals surface area contributed by atoms with Crippen molar-refractivity contribution in [1.82, 2.24) is 10.6 Å². The van der Waals surface area contributed by atoms with Crippen molar-refractivity contribution < 1.29 is 26.4 Å². The number of nitrogens with two attached hydrogens (primary N) is 1. The third-order valence-electron chi connectivity index (χ3n) is 4.01. The maximum Gasteiger partial charge on any atom is 0.416 e. The number of rotatable bonds is 6. The van der Waals surface area contributed by atoms with E-state index in [4.69, 9.17) is 5.14 Å². The molecule has 0 spiro atoms. The van der Waals surface area contributed by atoms with Crippen molar-refractivity contribution in [2.24, 2.45) is 5.14 Å². The first-order valence-corrected chi connectivity index (χ1v) is 9.85. The van der Waals surface area contributed by atoms with Gasteiger partial charge in [0.25, 0.3) is 0 Å². The van der Waals surface area contributed by atoms with E-state index in [0.29, 0.717) is 17.5 Å². The molecule has 0 radical (unpaired) electrons. The molecule has 2 rings (SSSR count). The zero-order valence-corrected chi connectivity index (χ0v) is 15.8. The van der Waals surface area contributed by atoms with E-state index in [1.165, 1.54) is 30.3 Å². The summed E-state index contributed by atoms with van der Waals surface area (Å²) >= 11 is 0. The van der Waals surface area contributed by atoms with Gasteiger partial charge in [0.15, 0.2) is 0 Å². The van der Waals surface area contributed by atoms with Crippen LogP contribution in [-0.4, -0.2) is 21.0 Å². The molecule has 1 atom stereocenters. The zero-order chi connectivity index (χ0) is 20.9. The first-order chi connectivity index (χ1) is 13.0. The number of urea groups is 1. The molecule has 28 heavy (non-hydrogen) atoms. The highest BCUT2D eigenvalue weighted by Gasteiger charge is 2.29. The van der Waals surface area contributed by atoms with Gasteiger partial charge in [0.2, 0.25) is 10.0 Å². The predicted molar refractivity (Wildman–Crippen MR) is 97.9 cm³/mol. The predicted octanol–water partition coefficient (Wildman–Crippen LogP) is 2.96. The largest absolute Gasteiger partial charge is 0.416 e. The van der Waals surface area contributed by atoms with Crippen molar-refractivity contribution in [2.75, 3.05) is 6.54 Å². The number of hydrogen-bond donors (Lipinski definition) is 3. The van der Waals surface area contributed by atoms with Gasteiger partial charge in [-0.15, -0.1) is 0 Å². The SMILES string of the molecule is CC(NC(=O)NCCc1ccc(C(F)(F)F)cc1)c1cccc(S(N)(=O)=O)c1. The normalized spacial score (nSPS) is 13.0. The van der Waals surface area contributed by atoms with E-state index in [-0.39, 0.29) is 11.4 Å². The molecule has 2 aromatic rings. The molecule has 0 saturated carbocycles. The van der Waals surface area contributed by atoms with Crippen molar-refractivity contribution in [3.05, 3.63) is 65.2 Å². The molecule has 2 amide bonds. The lowest BCUT2D eigenvalue weighted by Crippen LogP contribution is -2.38. The van der Waals surface area contributed by atoms with Gasteiger partial charge in [0.05, 0.1) is 16.5 Å². The first-order valence-electron chi connectivity index (χ1n) is 8.30. The highest BCUT2D eigenvalue weighted by atomic mass is 32.2. The molecule has 0 aliphatic heterocycles. The fourth-order valence-corrected chi connectivity index (χ4v) is 3.04. The Hall–Kier alpha value is -2.59. The Morgan fingerprint density at radius 3 is 2.36 bits per heavy atom. The number of primary sulfonamides is 1. The van der Waals surface area contributed by atoms with Crippen LogP contribution in [-0.2, 0) is 22.6 Å². The summed E-state index contributed by atoms with van der Waals surface area (Å²) in [6.07, 6.45) is -4.02. The van der Waals surface area contributed by atoms with E-state index in [1.54, 1.807) is 13.0 Å². The molecule has 0 heterocycles. The van der Waals surface area contributed by atoms with Crippen LogP contribution >= 0.6 is 0 Å². The number of sulfonamides is 1. The summed E-state index contributed by atoms with van der Waals surface area (Å²) in [5.74, 6) is 0. The smallest absolute Gasteiger partial charge is 0.338 e. The van der Waals surface area contributed by atoms with E-state index < -0.39 is 33.8 Å². The number of amides is 2. The maximum absolute atomic E-state index is 12.5. The topological polar surface area (TPSA) is 101 Å². The van der Waals surface area contributed by atoms with Crippen LogP contribution < -0.4 is 15.8 Å². The molecule has 0 fully saturated rings. The number of carbonyl (C=O) groups excluding carboxylic acids is 1. The lowest BCUT2D eigenvalue weighted by Gasteiger charge is -2.16. The quantitative estimate of drug-likeness (QED) is 0.676. The minimum Gasteiger partial charge on any atom is -0.338 e. The van der Waals surface area contributed by atoms with E-state index in [1.807, 2.05) is 0 Å². The van der Waals surface area contributed by atoms with Crippen molar-refractivity contribution in [3.63, 3.8) is 0 Å². The summed E-state index contributed by atoms with van der Waals surface area (Å²) in [4.78, 5) is 11.9. The summed E-state index contributed by atoms with van der Waals surface area (Å²) < 4.78 is 60.4. The summed E-state index contributed by atoms with van der Waals surface area (Å²) in [5, 5.41) is 10.4. The summed E-state index contributed by atoms with van der Waals surface area (Å²) in [6, 6.07) is 9.67. The molecular formula is C18H20F3N3O3S. The van der Waals surface area contributed by atoms with Crippen LogP contribution in [0.25, 0.3) is 0 Å². The van der Waals surface area contributed by atoms with Gasteiger partial charge in [0, 0.05) is 6.54 Å². The van der Waals surface area contributed by atoms with Crippen LogP contribution in [0.1, 0.15) is 29.7 Å². The molecule has 0 aliphatic rings. The number of nitrogens with one attached hydrogen (secondary N) is 2. The molecule has 6 nitrogen and oxygen atoms in total. The molecule has 0 bridgehead atoms. The van der Waals surface area contributed by atoms with Crippen molar-refractivity contribution in [2.45, 2.75) is 30.5 Å². The minimum atomic E-state index is -4.38. The Balaban J connectivity index is 1.86. The summed E-state index contributed by atoms with van der Waals surface area (Å²) in [7, 11) is -3.84. The molecule has 0 aliphatic carbocycles. The molecule has 4 N–H and O–H groups in total. The molecule has 1 unspecified atom stereocenters. The Morgan fingerprint density at radius 2 is 1.79 bits per heavy atom. The van der Waals surface area contributed by atoms with Gasteiger partial charge < -0.3 is 10.6 Å². The monoisotopic (exact) mass is 415 g/mol. The second-order valence-electron chi connectivity index (χ2n) is 6.18. The Morgan fingerprint density at radius 1 is 1.14 bits per heavy atom. The van der Waals surface area contributed by atoms with Gasteiger partial charge in [-0.2, -0.15) is 13.2 Å². The number of hydrogen-bond acceptors (Lipinski definition) is 3. The molecule has 152 valence electrons. The third-order valence-corrected chi connectivity index (χ3v) is 4.93. The Bertz CT molecular complexity index is 929. The third kappa shape index (κ3) is 6.24. The van der Waals surface area contributed by atoms with Crippen molar-refractivity contribution in [1.29, 1.82) is 0 Å². The lowest BCUT2D eigenvalue weighted by atomic mass is 10.1. The maximum atomic E-state index is 12.5. The number of alkyl halides is 3. The second kappa shape index (κ2) is 8.61. The van der Waals surface area contributed by atoms with Crippen LogP contribution in [0.2, 0.25) is 0 Å². The van der Waals surface area contributed by atoms with Gasteiger partial charge in [0.1, 0.15) is 0 Å². The van der Waals surface area contributed by atoms with Crippen LogP contribution in [0.15, 0.2) is 53.4 Å². The van der Waals surface area contributed by atoms with Crippen molar-refractivity contribution >= 4 is 16.1 Å². The Kier molecular flexibility index (Phi) is 6.68. The average molecular weight is 415 g/mol. The van der Waals surface area contributed by atoms with Crippen LogP contribution in [0.3, 0.4) is 0 Å². The van der Waals surface area contributed by atoms with Gasteiger partial charge in [-0.1, -0.05) is 24.3 Å². The van der Waals surface area contributed by atoms with Crippen LogP contribution in [0.4, 0.5) is 18.0 Å². The van der Waals surface area contributed by atoms with Gasteiger partial charge in [-0.3, -0.25) is 0 Å². The molecule has 0 saturated heterocycles. The van der Waals surface area contributed by atoms with E-state index in [9.17, 15) is 26.4 Å². The zero-order valence-electron chi connectivity index (χ0n) is 15.0. The number of halogens is 3. The minimum absolute atomic E-state index is 0.0543. The van der Waals surface area contributed by atoms with Gasteiger partial charge in [-0.05, 0) is 48.7 Å². The highest BCUT2D eigenvalue weighted by molar-refractivity contribution is 7.89. The molecule has 2 aromatic carbocycles. The van der Waals surface area contributed by atoms with E-state index in [0.717, 1.165) is 12.1 Å². The average Bonchev–Trinajstić information content (AvgIpc) is 2.61.